The lowest BCUT2D eigenvalue weighted by atomic mass is 9.86. The smallest absolute Gasteiger partial charge is 0.317 e. The molecule has 3 rings (SSSR count). The van der Waals surface area contributed by atoms with Gasteiger partial charge in [-0.15, -0.1) is 0 Å². The molecule has 0 radical (unpaired) electrons. The van der Waals surface area contributed by atoms with Gasteiger partial charge in [0.05, 0.1) is 19.6 Å². The number of ether oxygens (including phenoxy) is 2. The van der Waals surface area contributed by atoms with Crippen molar-refractivity contribution >= 4 is 11.9 Å². The number of rotatable bonds is 6. The average molecular weight is 319 g/mol. The van der Waals surface area contributed by atoms with Crippen LogP contribution in [-0.4, -0.2) is 30.8 Å². The van der Waals surface area contributed by atoms with Crippen LogP contribution < -0.4 is 10.2 Å². The van der Waals surface area contributed by atoms with E-state index in [1.54, 1.807) is 17.6 Å². The molecule has 6 nitrogen and oxygen atoms in total. The molecule has 0 heterocycles. The van der Waals surface area contributed by atoms with Crippen LogP contribution in [0.25, 0.3) is 0 Å². The summed E-state index contributed by atoms with van der Waals surface area (Å²) in [6, 6.07) is 7.23. The topological polar surface area (TPSA) is 84.9 Å². The quantitative estimate of drug-likeness (QED) is 0.474. The lowest BCUT2D eigenvalue weighted by Gasteiger charge is -2.25. The molecule has 1 amide bonds. The molecule has 0 aromatic heterocycles. The molecule has 124 valence electrons. The number of amides is 1. The van der Waals surface area contributed by atoms with Crippen LogP contribution in [0, 0.1) is 11.8 Å². The zero-order chi connectivity index (χ0) is 16.4. The van der Waals surface area contributed by atoms with E-state index in [9.17, 15) is 9.59 Å². The monoisotopic (exact) mass is 319 g/mol. The fourth-order valence-electron chi connectivity index (χ4n) is 3.24. The van der Waals surface area contributed by atoms with Crippen molar-refractivity contribution in [1.82, 2.24) is 5.48 Å². The Morgan fingerprint density at radius 2 is 2.17 bits per heavy atom. The third kappa shape index (κ3) is 2.79. The van der Waals surface area contributed by atoms with Crippen LogP contribution >= 0.6 is 0 Å². The van der Waals surface area contributed by atoms with E-state index in [0.29, 0.717) is 30.3 Å². The van der Waals surface area contributed by atoms with Crippen LogP contribution in [0.1, 0.15) is 31.2 Å². The first-order valence-corrected chi connectivity index (χ1v) is 7.87. The van der Waals surface area contributed by atoms with E-state index in [1.807, 2.05) is 12.1 Å². The van der Waals surface area contributed by atoms with Gasteiger partial charge in [-0.05, 0) is 42.9 Å². The minimum Gasteiger partial charge on any atom is -0.493 e. The van der Waals surface area contributed by atoms with Gasteiger partial charge in [-0.2, -0.15) is 0 Å². The summed E-state index contributed by atoms with van der Waals surface area (Å²) in [5, 5.41) is 8.84. The van der Waals surface area contributed by atoms with Gasteiger partial charge in [-0.3, -0.25) is 14.8 Å². The maximum atomic E-state index is 12.2. The van der Waals surface area contributed by atoms with E-state index < -0.39 is 23.2 Å². The zero-order valence-corrected chi connectivity index (χ0v) is 13.1. The van der Waals surface area contributed by atoms with Crippen LogP contribution in [0.15, 0.2) is 24.3 Å². The Labute approximate surface area is 134 Å². The SMILES string of the molecule is COC(=O)[C@]1(c2cccc(OCC3CCC3)c2)C[C@H]1C(=O)NO. The molecular formula is C17H21NO5. The molecule has 1 aromatic rings. The highest BCUT2D eigenvalue weighted by Crippen LogP contribution is 2.55. The summed E-state index contributed by atoms with van der Waals surface area (Å²) in [6.07, 6.45) is 3.98. The second-order valence-corrected chi connectivity index (χ2v) is 6.33. The molecule has 2 saturated carbocycles. The number of nitrogens with one attached hydrogen (secondary N) is 1. The third-order valence-electron chi connectivity index (χ3n) is 5.00. The number of carbonyl (C=O) groups excluding carboxylic acids is 2. The second-order valence-electron chi connectivity index (χ2n) is 6.33. The number of hydrogen-bond donors (Lipinski definition) is 2. The van der Waals surface area contributed by atoms with Gasteiger partial charge in [0.2, 0.25) is 5.91 Å². The maximum Gasteiger partial charge on any atom is 0.317 e. The number of benzene rings is 1. The minimum absolute atomic E-state index is 0.318. The van der Waals surface area contributed by atoms with Crippen molar-refractivity contribution in [3.8, 4) is 5.75 Å². The highest BCUT2D eigenvalue weighted by Gasteiger charge is 2.65. The molecule has 2 aliphatic rings. The van der Waals surface area contributed by atoms with Crippen molar-refractivity contribution < 1.29 is 24.3 Å². The Hall–Kier alpha value is -2.08. The van der Waals surface area contributed by atoms with Crippen molar-refractivity contribution in [3.63, 3.8) is 0 Å². The van der Waals surface area contributed by atoms with E-state index in [4.69, 9.17) is 14.7 Å². The number of hydrogen-bond acceptors (Lipinski definition) is 5. The minimum atomic E-state index is -1.03. The van der Waals surface area contributed by atoms with Crippen LogP contribution in [0.3, 0.4) is 0 Å². The number of hydroxylamine groups is 1. The first-order valence-electron chi connectivity index (χ1n) is 7.87. The number of esters is 1. The van der Waals surface area contributed by atoms with Crippen molar-refractivity contribution in [3.05, 3.63) is 29.8 Å². The molecule has 0 spiro atoms. The molecule has 0 saturated heterocycles. The van der Waals surface area contributed by atoms with Crippen LogP contribution in [0.5, 0.6) is 5.75 Å². The van der Waals surface area contributed by atoms with Crippen LogP contribution in [0.2, 0.25) is 0 Å². The summed E-state index contributed by atoms with van der Waals surface area (Å²) in [5.41, 5.74) is 1.28. The van der Waals surface area contributed by atoms with E-state index in [1.165, 1.54) is 26.4 Å². The molecule has 0 aliphatic heterocycles. The van der Waals surface area contributed by atoms with Crippen molar-refractivity contribution in [2.24, 2.45) is 11.8 Å². The first kappa shape index (κ1) is 15.8. The van der Waals surface area contributed by atoms with E-state index in [2.05, 4.69) is 0 Å². The van der Waals surface area contributed by atoms with Crippen molar-refractivity contribution in [1.29, 1.82) is 0 Å². The van der Waals surface area contributed by atoms with Crippen LogP contribution in [0.4, 0.5) is 0 Å². The Kier molecular flexibility index (Phi) is 4.26. The molecule has 2 aliphatic carbocycles. The lowest BCUT2D eigenvalue weighted by Crippen LogP contribution is -2.31. The molecule has 1 aromatic carbocycles. The lowest BCUT2D eigenvalue weighted by molar-refractivity contribution is -0.146. The zero-order valence-electron chi connectivity index (χ0n) is 13.1. The summed E-state index contributed by atoms with van der Waals surface area (Å²) in [4.78, 5) is 24.0. The third-order valence-corrected chi connectivity index (χ3v) is 5.00. The average Bonchev–Trinajstić information content (AvgIpc) is 3.29. The number of methoxy groups -OCH3 is 1. The fraction of sp³-hybridized carbons (Fsp3) is 0.529. The summed E-state index contributed by atoms with van der Waals surface area (Å²) in [6.45, 7) is 0.676. The molecule has 6 heteroatoms. The van der Waals surface area contributed by atoms with Crippen LogP contribution in [-0.2, 0) is 19.7 Å². The molecule has 0 unspecified atom stereocenters. The van der Waals surface area contributed by atoms with E-state index >= 15 is 0 Å². The Balaban J connectivity index is 1.80. The van der Waals surface area contributed by atoms with Crippen molar-refractivity contribution in [2.45, 2.75) is 31.1 Å². The van der Waals surface area contributed by atoms with E-state index in [-0.39, 0.29) is 0 Å². The fourth-order valence-corrected chi connectivity index (χ4v) is 3.24. The standard InChI is InChI=1S/C17H21NO5/c1-22-16(20)17(9-14(17)15(19)18-21)12-6-3-7-13(8-12)23-10-11-4-2-5-11/h3,6-8,11,14,21H,2,4-5,9-10H2,1H3,(H,18,19)/t14-,17-/m0/s1. The van der Waals surface area contributed by atoms with Gasteiger partial charge in [0.15, 0.2) is 0 Å². The predicted octanol–water partition coefficient (Wildman–Crippen LogP) is 1.80. The normalized spacial score (nSPS) is 26.1. The van der Waals surface area contributed by atoms with Gasteiger partial charge >= 0.3 is 5.97 Å². The Morgan fingerprint density at radius 3 is 2.78 bits per heavy atom. The molecule has 2 N–H and O–H groups in total. The summed E-state index contributed by atoms with van der Waals surface area (Å²) in [5.74, 6) is -0.366. The van der Waals surface area contributed by atoms with Gasteiger partial charge in [-0.1, -0.05) is 18.6 Å². The summed E-state index contributed by atoms with van der Waals surface area (Å²) < 4.78 is 10.7. The van der Waals surface area contributed by atoms with E-state index in [0.717, 1.165) is 0 Å². The summed E-state index contributed by atoms with van der Waals surface area (Å²) >= 11 is 0. The van der Waals surface area contributed by atoms with Gasteiger partial charge in [-0.25, -0.2) is 5.48 Å². The van der Waals surface area contributed by atoms with Gasteiger partial charge in [0.1, 0.15) is 11.2 Å². The molecular weight excluding hydrogens is 298 g/mol. The van der Waals surface area contributed by atoms with Gasteiger partial charge < -0.3 is 9.47 Å². The van der Waals surface area contributed by atoms with Gasteiger partial charge in [0, 0.05) is 0 Å². The molecule has 2 atom stereocenters. The highest BCUT2D eigenvalue weighted by molar-refractivity contribution is 5.97. The Bertz CT molecular complexity index is 613. The molecule has 0 bridgehead atoms. The Morgan fingerprint density at radius 1 is 1.39 bits per heavy atom. The largest absolute Gasteiger partial charge is 0.493 e. The second kappa shape index (κ2) is 6.20. The molecule has 23 heavy (non-hydrogen) atoms. The summed E-state index contributed by atoms with van der Waals surface area (Å²) in [7, 11) is 1.30. The number of carbonyl (C=O) groups is 2. The maximum absolute atomic E-state index is 12.2. The first-order chi connectivity index (χ1) is 11.1. The molecule has 2 fully saturated rings. The van der Waals surface area contributed by atoms with Crippen molar-refractivity contribution in [2.75, 3.05) is 13.7 Å². The van der Waals surface area contributed by atoms with Gasteiger partial charge in [0.25, 0.3) is 0 Å². The highest BCUT2D eigenvalue weighted by atomic mass is 16.5. The predicted molar refractivity (Wildman–Crippen MR) is 81.0 cm³/mol.